The summed E-state index contributed by atoms with van der Waals surface area (Å²) < 4.78 is 0. The SMILES string of the molecule is Clc1ccc(CN2CCC(c3c[nH]c4ccccc34)CC2)cn1. The second-order valence-electron chi connectivity index (χ2n) is 6.33. The van der Waals surface area contributed by atoms with Crippen LogP contribution in [0.1, 0.15) is 29.9 Å². The summed E-state index contributed by atoms with van der Waals surface area (Å²) in [5.41, 5.74) is 3.96. The largest absolute Gasteiger partial charge is 0.361 e. The molecule has 0 spiro atoms. The first-order chi connectivity index (χ1) is 11.3. The number of H-pyrrole nitrogens is 1. The lowest BCUT2D eigenvalue weighted by Gasteiger charge is -2.31. The van der Waals surface area contributed by atoms with E-state index in [1.807, 2.05) is 12.3 Å². The highest BCUT2D eigenvalue weighted by atomic mass is 35.5. The number of hydrogen-bond acceptors (Lipinski definition) is 2. The molecule has 3 aromatic rings. The number of piperidine rings is 1. The number of rotatable bonds is 3. The van der Waals surface area contributed by atoms with E-state index < -0.39 is 0 Å². The molecule has 3 nitrogen and oxygen atoms in total. The Labute approximate surface area is 141 Å². The summed E-state index contributed by atoms with van der Waals surface area (Å²) in [6.45, 7) is 3.23. The molecule has 0 aliphatic carbocycles. The molecule has 3 heterocycles. The van der Waals surface area contributed by atoms with E-state index in [1.165, 1.54) is 34.9 Å². The highest BCUT2D eigenvalue weighted by molar-refractivity contribution is 6.29. The van der Waals surface area contributed by atoms with Crippen LogP contribution in [0.25, 0.3) is 10.9 Å². The van der Waals surface area contributed by atoms with Crippen LogP contribution in [0.3, 0.4) is 0 Å². The number of nitrogens with zero attached hydrogens (tertiary/aromatic N) is 2. The van der Waals surface area contributed by atoms with Gasteiger partial charge in [-0.3, -0.25) is 4.90 Å². The number of nitrogens with one attached hydrogen (secondary N) is 1. The molecule has 2 aromatic heterocycles. The molecule has 23 heavy (non-hydrogen) atoms. The molecule has 0 radical (unpaired) electrons. The van der Waals surface area contributed by atoms with Crippen LogP contribution in [-0.2, 0) is 6.54 Å². The van der Waals surface area contributed by atoms with Gasteiger partial charge < -0.3 is 4.98 Å². The van der Waals surface area contributed by atoms with Gasteiger partial charge in [0.05, 0.1) is 0 Å². The van der Waals surface area contributed by atoms with Crippen molar-refractivity contribution < 1.29 is 0 Å². The number of aromatic amines is 1. The first-order valence-corrected chi connectivity index (χ1v) is 8.56. The Hall–Kier alpha value is -1.84. The van der Waals surface area contributed by atoms with Crippen molar-refractivity contribution in [3.8, 4) is 0 Å². The first-order valence-electron chi connectivity index (χ1n) is 8.18. The number of fused-ring (bicyclic) bond motifs is 1. The maximum Gasteiger partial charge on any atom is 0.129 e. The molecule has 0 bridgehead atoms. The second kappa shape index (κ2) is 6.34. The predicted molar refractivity (Wildman–Crippen MR) is 94.8 cm³/mol. The topological polar surface area (TPSA) is 31.9 Å². The van der Waals surface area contributed by atoms with Gasteiger partial charge in [-0.05, 0) is 55.1 Å². The van der Waals surface area contributed by atoms with Crippen LogP contribution in [0.4, 0.5) is 0 Å². The van der Waals surface area contributed by atoms with E-state index in [9.17, 15) is 0 Å². The van der Waals surface area contributed by atoms with Crippen LogP contribution >= 0.6 is 11.6 Å². The Balaban J connectivity index is 1.42. The maximum atomic E-state index is 5.85. The van der Waals surface area contributed by atoms with Crippen molar-refractivity contribution in [2.45, 2.75) is 25.3 Å². The van der Waals surface area contributed by atoms with Crippen LogP contribution < -0.4 is 0 Å². The molecule has 0 atom stereocenters. The first kappa shape index (κ1) is 14.7. The fourth-order valence-corrected chi connectivity index (χ4v) is 3.70. The number of para-hydroxylation sites is 1. The van der Waals surface area contributed by atoms with E-state index in [-0.39, 0.29) is 0 Å². The Morgan fingerprint density at radius 2 is 1.96 bits per heavy atom. The van der Waals surface area contributed by atoms with Crippen LogP contribution in [0, 0.1) is 0 Å². The summed E-state index contributed by atoms with van der Waals surface area (Å²) in [5, 5.41) is 1.94. The third-order valence-corrected chi connectivity index (χ3v) is 5.07. The molecule has 1 N–H and O–H groups in total. The van der Waals surface area contributed by atoms with Gasteiger partial charge in [0.1, 0.15) is 5.15 Å². The van der Waals surface area contributed by atoms with Crippen molar-refractivity contribution in [3.05, 3.63) is 65.1 Å². The Bertz CT molecular complexity index is 786. The van der Waals surface area contributed by atoms with Crippen molar-refractivity contribution in [2.75, 3.05) is 13.1 Å². The Kier molecular flexibility index (Phi) is 4.06. The number of likely N-dealkylation sites (tertiary alicyclic amines) is 1. The number of aromatic nitrogens is 2. The highest BCUT2D eigenvalue weighted by Crippen LogP contribution is 2.33. The van der Waals surface area contributed by atoms with Crippen molar-refractivity contribution in [1.82, 2.24) is 14.9 Å². The third-order valence-electron chi connectivity index (χ3n) is 4.84. The van der Waals surface area contributed by atoms with Gasteiger partial charge in [-0.25, -0.2) is 4.98 Å². The van der Waals surface area contributed by atoms with Gasteiger partial charge in [0.25, 0.3) is 0 Å². The third kappa shape index (κ3) is 3.12. The summed E-state index contributed by atoms with van der Waals surface area (Å²) in [4.78, 5) is 10.1. The van der Waals surface area contributed by atoms with Crippen LogP contribution in [0.15, 0.2) is 48.8 Å². The van der Waals surface area contributed by atoms with Gasteiger partial charge in [-0.1, -0.05) is 35.9 Å². The van der Waals surface area contributed by atoms with E-state index in [2.05, 4.69) is 51.4 Å². The van der Waals surface area contributed by atoms with Gasteiger partial charge in [0, 0.05) is 29.8 Å². The van der Waals surface area contributed by atoms with Crippen molar-refractivity contribution in [1.29, 1.82) is 0 Å². The Morgan fingerprint density at radius 1 is 1.13 bits per heavy atom. The summed E-state index contributed by atoms with van der Waals surface area (Å²) in [5.74, 6) is 0.658. The zero-order valence-corrected chi connectivity index (χ0v) is 13.8. The molecule has 0 saturated carbocycles. The minimum absolute atomic E-state index is 0.562. The highest BCUT2D eigenvalue weighted by Gasteiger charge is 2.22. The molecule has 1 aromatic carbocycles. The molecule has 0 amide bonds. The smallest absolute Gasteiger partial charge is 0.129 e. The summed E-state index contributed by atoms with van der Waals surface area (Å²) in [6.07, 6.45) is 6.51. The number of halogens is 1. The summed E-state index contributed by atoms with van der Waals surface area (Å²) in [6, 6.07) is 12.5. The second-order valence-corrected chi connectivity index (χ2v) is 6.72. The summed E-state index contributed by atoms with van der Waals surface area (Å²) >= 11 is 5.85. The van der Waals surface area contributed by atoms with Gasteiger partial charge in [-0.2, -0.15) is 0 Å². The van der Waals surface area contributed by atoms with Crippen LogP contribution in [-0.4, -0.2) is 28.0 Å². The molecule has 1 aliphatic heterocycles. The molecule has 4 rings (SSSR count). The number of benzene rings is 1. The maximum absolute atomic E-state index is 5.85. The lowest BCUT2D eigenvalue weighted by molar-refractivity contribution is 0.205. The van der Waals surface area contributed by atoms with E-state index >= 15 is 0 Å². The van der Waals surface area contributed by atoms with Crippen molar-refractivity contribution in [2.24, 2.45) is 0 Å². The normalized spacial score (nSPS) is 16.9. The number of pyridine rings is 1. The average Bonchev–Trinajstić information content (AvgIpc) is 3.02. The van der Waals surface area contributed by atoms with Gasteiger partial charge in [-0.15, -0.1) is 0 Å². The lowest BCUT2D eigenvalue weighted by Crippen LogP contribution is -2.32. The molecular formula is C19H20ClN3. The van der Waals surface area contributed by atoms with Gasteiger partial charge >= 0.3 is 0 Å². The van der Waals surface area contributed by atoms with Crippen LogP contribution in [0.5, 0.6) is 0 Å². The van der Waals surface area contributed by atoms with E-state index in [0.717, 1.165) is 19.6 Å². The van der Waals surface area contributed by atoms with E-state index in [1.54, 1.807) is 0 Å². The Morgan fingerprint density at radius 3 is 2.74 bits per heavy atom. The van der Waals surface area contributed by atoms with Gasteiger partial charge in [0.15, 0.2) is 0 Å². The quantitative estimate of drug-likeness (QED) is 0.714. The fraction of sp³-hybridized carbons (Fsp3) is 0.316. The fourth-order valence-electron chi connectivity index (χ4n) is 3.59. The van der Waals surface area contributed by atoms with Crippen LogP contribution in [0.2, 0.25) is 5.15 Å². The van der Waals surface area contributed by atoms with Crippen molar-refractivity contribution >= 4 is 22.5 Å². The molecule has 1 saturated heterocycles. The zero-order valence-electron chi connectivity index (χ0n) is 13.0. The average molecular weight is 326 g/mol. The van der Waals surface area contributed by atoms with Gasteiger partial charge in [0.2, 0.25) is 0 Å². The minimum atomic E-state index is 0.562. The molecule has 118 valence electrons. The molecule has 1 fully saturated rings. The van der Waals surface area contributed by atoms with E-state index in [0.29, 0.717) is 11.1 Å². The molecule has 1 aliphatic rings. The van der Waals surface area contributed by atoms with Crippen molar-refractivity contribution in [3.63, 3.8) is 0 Å². The number of hydrogen-bond donors (Lipinski definition) is 1. The standard InChI is InChI=1S/C19H20ClN3/c20-19-6-5-14(11-22-19)13-23-9-7-15(8-10-23)17-12-21-18-4-2-1-3-16(17)18/h1-6,11-12,15,21H,7-10,13H2. The summed E-state index contributed by atoms with van der Waals surface area (Å²) in [7, 11) is 0. The molecule has 0 unspecified atom stereocenters. The van der Waals surface area contributed by atoms with E-state index in [4.69, 9.17) is 11.6 Å². The lowest BCUT2D eigenvalue weighted by atomic mass is 9.89. The predicted octanol–water partition coefficient (Wildman–Crippen LogP) is 4.60. The monoisotopic (exact) mass is 325 g/mol. The molecular weight excluding hydrogens is 306 g/mol. The minimum Gasteiger partial charge on any atom is -0.361 e. The molecule has 4 heteroatoms. The zero-order chi connectivity index (χ0) is 15.6.